The minimum absolute atomic E-state index is 1.20. The second kappa shape index (κ2) is 8.36. The van der Waals surface area contributed by atoms with Crippen LogP contribution in [-0.2, 0) is 25.7 Å². The van der Waals surface area contributed by atoms with Gasteiger partial charge < -0.3 is 0 Å². The summed E-state index contributed by atoms with van der Waals surface area (Å²) in [5.41, 5.74) is 6.40. The fourth-order valence-electron chi connectivity index (χ4n) is 3.66. The van der Waals surface area contributed by atoms with E-state index < -0.39 is 0 Å². The minimum Gasteiger partial charge on any atom is -0.0651 e. The van der Waals surface area contributed by atoms with Gasteiger partial charge >= 0.3 is 0 Å². The van der Waals surface area contributed by atoms with Crippen molar-refractivity contribution in [3.63, 3.8) is 0 Å². The van der Waals surface area contributed by atoms with E-state index in [1.165, 1.54) is 67.7 Å². The zero-order valence-electron chi connectivity index (χ0n) is 15.0. The Morgan fingerprint density at radius 3 is 1.91 bits per heavy atom. The number of rotatable bonds is 8. The highest BCUT2D eigenvalue weighted by atomic mass is 14.2. The van der Waals surface area contributed by atoms with Gasteiger partial charge in [0.2, 0.25) is 0 Å². The van der Waals surface area contributed by atoms with E-state index in [0.717, 1.165) is 0 Å². The fraction of sp³-hybridized carbons (Fsp3) is 0.545. The predicted octanol–water partition coefficient (Wildman–Crippen LogP) is 6.65. The molecule has 2 aromatic carbocycles. The van der Waals surface area contributed by atoms with E-state index in [-0.39, 0.29) is 0 Å². The van der Waals surface area contributed by atoms with E-state index in [9.17, 15) is 0 Å². The maximum Gasteiger partial charge on any atom is -0.0146 e. The van der Waals surface area contributed by atoms with Crippen LogP contribution in [0, 0.1) is 0 Å². The van der Waals surface area contributed by atoms with Crippen molar-refractivity contribution >= 4 is 10.8 Å². The lowest BCUT2D eigenvalue weighted by molar-refractivity contribution is 0.831. The quantitative estimate of drug-likeness (QED) is 0.511. The first-order chi connectivity index (χ1) is 10.7. The molecule has 0 amide bonds. The summed E-state index contributed by atoms with van der Waals surface area (Å²) in [6.45, 7) is 9.18. The van der Waals surface area contributed by atoms with Crippen molar-refractivity contribution in [2.75, 3.05) is 0 Å². The standard InChI is InChI=1S/C22H32/c1-5-9-17-13-14-19-16-18(10-6-2)20(11-7-3)21(12-8-4)22(19)15-17/h13-16H,5-12H2,1-4H3. The number of hydrogen-bond acceptors (Lipinski definition) is 0. The summed E-state index contributed by atoms with van der Waals surface area (Å²) < 4.78 is 0. The second-order valence-corrected chi connectivity index (χ2v) is 6.55. The lowest BCUT2D eigenvalue weighted by atomic mass is 9.87. The summed E-state index contributed by atoms with van der Waals surface area (Å²) in [6, 6.07) is 9.63. The van der Waals surface area contributed by atoms with E-state index in [4.69, 9.17) is 0 Å². The van der Waals surface area contributed by atoms with Gasteiger partial charge in [-0.2, -0.15) is 0 Å². The Labute approximate surface area is 136 Å². The Morgan fingerprint density at radius 2 is 1.27 bits per heavy atom. The third kappa shape index (κ3) is 3.72. The molecule has 120 valence electrons. The summed E-state index contributed by atoms with van der Waals surface area (Å²) in [5, 5.41) is 2.97. The maximum atomic E-state index is 2.47. The number of hydrogen-bond donors (Lipinski definition) is 0. The zero-order valence-corrected chi connectivity index (χ0v) is 15.0. The second-order valence-electron chi connectivity index (χ2n) is 6.55. The third-order valence-corrected chi connectivity index (χ3v) is 4.58. The van der Waals surface area contributed by atoms with E-state index in [1.807, 2.05) is 0 Å². The molecule has 0 nitrogen and oxygen atoms in total. The van der Waals surface area contributed by atoms with Gasteiger partial charge in [0.15, 0.2) is 0 Å². The van der Waals surface area contributed by atoms with Crippen molar-refractivity contribution in [3.05, 3.63) is 46.5 Å². The molecule has 0 aliphatic carbocycles. The van der Waals surface area contributed by atoms with Gasteiger partial charge in [0, 0.05) is 0 Å². The van der Waals surface area contributed by atoms with Gasteiger partial charge in [0.25, 0.3) is 0 Å². The van der Waals surface area contributed by atoms with Crippen LogP contribution in [0.2, 0.25) is 0 Å². The van der Waals surface area contributed by atoms with Gasteiger partial charge in [0.05, 0.1) is 0 Å². The SMILES string of the molecule is CCCc1ccc2cc(CCC)c(CCC)c(CCC)c2c1. The average molecular weight is 296 g/mol. The van der Waals surface area contributed by atoms with Gasteiger partial charge in [0.1, 0.15) is 0 Å². The zero-order chi connectivity index (χ0) is 15.9. The molecule has 0 spiro atoms. The van der Waals surface area contributed by atoms with Crippen molar-refractivity contribution in [3.8, 4) is 0 Å². The molecule has 0 bridgehead atoms. The number of benzene rings is 2. The van der Waals surface area contributed by atoms with Crippen molar-refractivity contribution < 1.29 is 0 Å². The van der Waals surface area contributed by atoms with E-state index in [0.29, 0.717) is 0 Å². The molecule has 0 heteroatoms. The highest BCUT2D eigenvalue weighted by Gasteiger charge is 2.12. The first-order valence-electron chi connectivity index (χ1n) is 9.31. The van der Waals surface area contributed by atoms with E-state index in [2.05, 4.69) is 52.0 Å². The molecule has 0 heterocycles. The average Bonchev–Trinajstić information content (AvgIpc) is 2.51. The van der Waals surface area contributed by atoms with Gasteiger partial charge in [-0.1, -0.05) is 77.6 Å². The molecule has 2 rings (SSSR count). The first kappa shape index (κ1) is 17.1. The van der Waals surface area contributed by atoms with Crippen LogP contribution in [-0.4, -0.2) is 0 Å². The molecule has 2 aromatic rings. The predicted molar refractivity (Wildman–Crippen MR) is 99.9 cm³/mol. The highest BCUT2D eigenvalue weighted by molar-refractivity contribution is 5.88. The van der Waals surface area contributed by atoms with Crippen LogP contribution < -0.4 is 0 Å². The maximum absolute atomic E-state index is 2.47. The molecule has 22 heavy (non-hydrogen) atoms. The van der Waals surface area contributed by atoms with E-state index >= 15 is 0 Å². The molecule has 0 saturated carbocycles. The van der Waals surface area contributed by atoms with Gasteiger partial charge in [-0.15, -0.1) is 0 Å². The Balaban J connectivity index is 2.66. The van der Waals surface area contributed by atoms with Crippen LogP contribution in [0.25, 0.3) is 10.8 Å². The molecule has 0 radical (unpaired) electrons. The smallest absolute Gasteiger partial charge is 0.0146 e. The Bertz CT molecular complexity index is 607. The molecule has 0 aliphatic heterocycles. The van der Waals surface area contributed by atoms with Crippen LogP contribution in [0.1, 0.15) is 75.6 Å². The van der Waals surface area contributed by atoms with Crippen molar-refractivity contribution in [2.45, 2.75) is 79.1 Å². The minimum atomic E-state index is 1.20. The molecular weight excluding hydrogens is 264 g/mol. The van der Waals surface area contributed by atoms with Crippen molar-refractivity contribution in [1.29, 1.82) is 0 Å². The van der Waals surface area contributed by atoms with Crippen LogP contribution in [0.4, 0.5) is 0 Å². The highest BCUT2D eigenvalue weighted by Crippen LogP contribution is 2.30. The third-order valence-electron chi connectivity index (χ3n) is 4.58. The topological polar surface area (TPSA) is 0 Å². The molecule has 0 aromatic heterocycles. The lowest BCUT2D eigenvalue weighted by Crippen LogP contribution is -2.02. The Kier molecular flexibility index (Phi) is 6.49. The largest absolute Gasteiger partial charge is 0.0651 e. The normalized spacial score (nSPS) is 11.3. The molecule has 0 atom stereocenters. The Hall–Kier alpha value is -1.30. The molecule has 0 unspecified atom stereocenters. The summed E-state index contributed by atoms with van der Waals surface area (Å²) in [4.78, 5) is 0. The molecule has 0 fully saturated rings. The first-order valence-corrected chi connectivity index (χ1v) is 9.31. The van der Waals surface area contributed by atoms with Crippen molar-refractivity contribution in [2.24, 2.45) is 0 Å². The van der Waals surface area contributed by atoms with Crippen LogP contribution in [0.5, 0.6) is 0 Å². The van der Waals surface area contributed by atoms with Gasteiger partial charge in [-0.3, -0.25) is 0 Å². The lowest BCUT2D eigenvalue weighted by Gasteiger charge is -2.18. The van der Waals surface area contributed by atoms with Crippen molar-refractivity contribution in [1.82, 2.24) is 0 Å². The van der Waals surface area contributed by atoms with E-state index in [1.54, 1.807) is 16.7 Å². The summed E-state index contributed by atoms with van der Waals surface area (Å²) in [5.74, 6) is 0. The molecule has 0 saturated heterocycles. The molecule has 0 aliphatic rings. The number of aryl methyl sites for hydroxylation is 3. The van der Waals surface area contributed by atoms with Gasteiger partial charge in [-0.25, -0.2) is 0 Å². The molecular formula is C22H32. The number of fused-ring (bicyclic) bond motifs is 1. The summed E-state index contributed by atoms with van der Waals surface area (Å²) >= 11 is 0. The van der Waals surface area contributed by atoms with Crippen LogP contribution >= 0.6 is 0 Å². The monoisotopic (exact) mass is 296 g/mol. The van der Waals surface area contributed by atoms with Crippen LogP contribution in [0.15, 0.2) is 24.3 Å². The Morgan fingerprint density at radius 1 is 0.636 bits per heavy atom. The summed E-state index contributed by atoms with van der Waals surface area (Å²) in [7, 11) is 0. The van der Waals surface area contributed by atoms with Crippen LogP contribution in [0.3, 0.4) is 0 Å². The fourth-order valence-corrected chi connectivity index (χ4v) is 3.66. The molecule has 0 N–H and O–H groups in total. The summed E-state index contributed by atoms with van der Waals surface area (Å²) in [6.07, 6.45) is 9.82. The van der Waals surface area contributed by atoms with Gasteiger partial charge in [-0.05, 0) is 58.7 Å².